The minimum Gasteiger partial charge on any atom is -0.309 e. The number of hydrogen-bond donors (Lipinski definition) is 2. The molecule has 0 fully saturated rings. The third-order valence-electron chi connectivity index (χ3n) is 2.88. The predicted octanol–water partition coefficient (Wildman–Crippen LogP) is 2.49. The summed E-state index contributed by atoms with van der Waals surface area (Å²) in [6.07, 6.45) is -0.169. The van der Waals surface area contributed by atoms with Gasteiger partial charge >= 0.3 is 0 Å². The van der Waals surface area contributed by atoms with Gasteiger partial charge in [-0.25, -0.2) is 8.78 Å². The maximum Gasteiger partial charge on any atom is 0.230 e. The molecular weight excluding hydrogens is 252 g/mol. The monoisotopic (exact) mass is 265 g/mol. The zero-order chi connectivity index (χ0) is 14.0. The van der Waals surface area contributed by atoms with E-state index in [1.165, 1.54) is 6.07 Å². The van der Waals surface area contributed by atoms with E-state index in [0.29, 0.717) is 5.82 Å². The van der Waals surface area contributed by atoms with Crippen LogP contribution in [0.1, 0.15) is 16.8 Å². The van der Waals surface area contributed by atoms with Gasteiger partial charge in [0.2, 0.25) is 5.91 Å². The van der Waals surface area contributed by atoms with Crippen molar-refractivity contribution in [3.63, 3.8) is 0 Å². The first-order valence-corrected chi connectivity index (χ1v) is 5.72. The fourth-order valence-electron chi connectivity index (χ4n) is 1.62. The molecule has 1 aromatic heterocycles. The molecule has 2 aromatic rings. The van der Waals surface area contributed by atoms with E-state index in [9.17, 15) is 13.6 Å². The van der Waals surface area contributed by atoms with E-state index < -0.39 is 17.5 Å². The minimum absolute atomic E-state index is 0.142. The van der Waals surface area contributed by atoms with Gasteiger partial charge in [0.15, 0.2) is 5.82 Å². The van der Waals surface area contributed by atoms with Gasteiger partial charge in [0.1, 0.15) is 11.6 Å². The number of nitrogens with zero attached hydrogens (tertiary/aromatic N) is 1. The Hall–Kier alpha value is -2.24. The maximum absolute atomic E-state index is 13.4. The lowest BCUT2D eigenvalue weighted by Crippen LogP contribution is -2.16. The predicted molar refractivity (Wildman–Crippen MR) is 66.8 cm³/mol. The topological polar surface area (TPSA) is 57.8 Å². The molecule has 4 nitrogen and oxygen atoms in total. The van der Waals surface area contributed by atoms with Gasteiger partial charge in [0.05, 0.1) is 6.42 Å². The smallest absolute Gasteiger partial charge is 0.230 e. The van der Waals surface area contributed by atoms with Crippen molar-refractivity contribution in [2.45, 2.75) is 20.3 Å². The molecule has 0 unspecified atom stereocenters. The Morgan fingerprint density at radius 1 is 1.37 bits per heavy atom. The number of H-pyrrole nitrogens is 1. The molecule has 2 rings (SSSR count). The van der Waals surface area contributed by atoms with Crippen LogP contribution < -0.4 is 5.32 Å². The average molecular weight is 265 g/mol. The molecule has 1 aromatic carbocycles. The van der Waals surface area contributed by atoms with E-state index in [2.05, 4.69) is 15.5 Å². The van der Waals surface area contributed by atoms with Gasteiger partial charge in [-0.3, -0.25) is 9.89 Å². The van der Waals surface area contributed by atoms with Crippen molar-refractivity contribution >= 4 is 11.7 Å². The second-order valence-corrected chi connectivity index (χ2v) is 4.28. The minimum atomic E-state index is -0.731. The molecule has 0 atom stereocenters. The molecule has 100 valence electrons. The van der Waals surface area contributed by atoms with Gasteiger partial charge in [-0.2, -0.15) is 5.10 Å². The summed E-state index contributed by atoms with van der Waals surface area (Å²) in [5, 5.41) is 9.24. The number of halogens is 2. The van der Waals surface area contributed by atoms with Crippen molar-refractivity contribution in [3.05, 3.63) is 46.7 Å². The van der Waals surface area contributed by atoms with Crippen molar-refractivity contribution < 1.29 is 13.6 Å². The number of carbonyl (C=O) groups excluding carboxylic acids is 1. The third kappa shape index (κ3) is 2.96. The first-order valence-electron chi connectivity index (χ1n) is 5.72. The highest BCUT2D eigenvalue weighted by molar-refractivity contribution is 5.92. The second kappa shape index (κ2) is 5.17. The summed E-state index contributed by atoms with van der Waals surface area (Å²) >= 11 is 0. The van der Waals surface area contributed by atoms with E-state index in [0.717, 1.165) is 23.4 Å². The van der Waals surface area contributed by atoms with E-state index in [1.54, 1.807) is 0 Å². The Labute approximate surface area is 108 Å². The summed E-state index contributed by atoms with van der Waals surface area (Å²) in [6.45, 7) is 3.64. The quantitative estimate of drug-likeness (QED) is 0.895. The Morgan fingerprint density at radius 2 is 2.11 bits per heavy atom. The number of hydrogen-bond acceptors (Lipinski definition) is 2. The highest BCUT2D eigenvalue weighted by Crippen LogP contribution is 2.15. The normalized spacial score (nSPS) is 10.5. The Balaban J connectivity index is 2.07. The summed E-state index contributed by atoms with van der Waals surface area (Å²) in [4.78, 5) is 11.8. The number of anilines is 1. The van der Waals surface area contributed by atoms with Crippen LogP contribution >= 0.6 is 0 Å². The number of aromatic amines is 1. The van der Waals surface area contributed by atoms with Gasteiger partial charge in [0.25, 0.3) is 0 Å². The number of aryl methyl sites for hydroxylation is 1. The van der Waals surface area contributed by atoms with Crippen LogP contribution in [-0.4, -0.2) is 16.1 Å². The number of aromatic nitrogens is 2. The van der Waals surface area contributed by atoms with Crippen LogP contribution in [0, 0.1) is 25.5 Å². The lowest BCUT2D eigenvalue weighted by atomic mass is 10.1. The molecule has 0 bridgehead atoms. The van der Waals surface area contributed by atoms with Gasteiger partial charge < -0.3 is 5.32 Å². The number of rotatable bonds is 3. The third-order valence-corrected chi connectivity index (χ3v) is 2.88. The lowest BCUT2D eigenvalue weighted by molar-refractivity contribution is -0.115. The van der Waals surface area contributed by atoms with Crippen molar-refractivity contribution in [2.75, 3.05) is 5.32 Å². The standard InChI is InChI=1S/C13H13F2N3O/c1-7-8(2)17-18-13(7)16-12(19)5-9-3-4-10(14)6-11(9)15/h3-4,6H,5H2,1-2H3,(H2,16,17,18,19). The van der Waals surface area contributed by atoms with Crippen molar-refractivity contribution in [1.82, 2.24) is 10.2 Å². The Bertz CT molecular complexity index is 622. The molecule has 1 amide bonds. The van der Waals surface area contributed by atoms with Gasteiger partial charge in [-0.1, -0.05) is 6.07 Å². The molecule has 0 aliphatic carbocycles. The number of amides is 1. The van der Waals surface area contributed by atoms with E-state index in [1.807, 2.05) is 13.8 Å². The molecule has 0 radical (unpaired) electrons. The van der Waals surface area contributed by atoms with E-state index in [4.69, 9.17) is 0 Å². The molecule has 0 saturated heterocycles. The Kier molecular flexibility index (Phi) is 3.59. The first kappa shape index (κ1) is 13.2. The summed E-state index contributed by atoms with van der Waals surface area (Å²) in [7, 11) is 0. The van der Waals surface area contributed by atoms with Crippen molar-refractivity contribution in [1.29, 1.82) is 0 Å². The molecule has 1 heterocycles. The van der Waals surface area contributed by atoms with Crippen LogP contribution in [0.5, 0.6) is 0 Å². The molecular formula is C13H13F2N3O. The van der Waals surface area contributed by atoms with Crippen LogP contribution in [-0.2, 0) is 11.2 Å². The molecule has 6 heteroatoms. The van der Waals surface area contributed by atoms with Crippen LogP contribution in [0.4, 0.5) is 14.6 Å². The van der Waals surface area contributed by atoms with Gasteiger partial charge in [-0.05, 0) is 25.5 Å². The molecule has 0 aliphatic heterocycles. The molecule has 0 spiro atoms. The fourth-order valence-corrected chi connectivity index (χ4v) is 1.62. The second-order valence-electron chi connectivity index (χ2n) is 4.28. The zero-order valence-electron chi connectivity index (χ0n) is 10.6. The van der Waals surface area contributed by atoms with Crippen LogP contribution in [0.25, 0.3) is 0 Å². The highest BCUT2D eigenvalue weighted by Gasteiger charge is 2.12. The van der Waals surface area contributed by atoms with E-state index in [-0.39, 0.29) is 12.0 Å². The van der Waals surface area contributed by atoms with Crippen molar-refractivity contribution in [2.24, 2.45) is 0 Å². The van der Waals surface area contributed by atoms with Crippen LogP contribution in [0.15, 0.2) is 18.2 Å². The summed E-state index contributed by atoms with van der Waals surface area (Å²) < 4.78 is 26.1. The van der Waals surface area contributed by atoms with E-state index >= 15 is 0 Å². The maximum atomic E-state index is 13.4. The zero-order valence-corrected chi connectivity index (χ0v) is 10.6. The van der Waals surface area contributed by atoms with Gasteiger partial charge in [0, 0.05) is 17.3 Å². The number of carbonyl (C=O) groups is 1. The first-order chi connectivity index (χ1) is 8.97. The molecule has 2 N–H and O–H groups in total. The summed E-state index contributed by atoms with van der Waals surface area (Å²) in [5.74, 6) is -1.38. The number of nitrogens with one attached hydrogen (secondary N) is 2. The summed E-state index contributed by atoms with van der Waals surface area (Å²) in [5.41, 5.74) is 1.82. The SMILES string of the molecule is Cc1[nH]nc(NC(=O)Cc2ccc(F)cc2F)c1C. The molecule has 0 aliphatic rings. The largest absolute Gasteiger partial charge is 0.309 e. The fraction of sp³-hybridized carbons (Fsp3) is 0.231. The average Bonchev–Trinajstić information content (AvgIpc) is 2.65. The highest BCUT2D eigenvalue weighted by atomic mass is 19.1. The van der Waals surface area contributed by atoms with Crippen LogP contribution in [0.3, 0.4) is 0 Å². The lowest BCUT2D eigenvalue weighted by Gasteiger charge is -2.04. The molecule has 0 saturated carbocycles. The van der Waals surface area contributed by atoms with Gasteiger partial charge in [-0.15, -0.1) is 0 Å². The molecule has 19 heavy (non-hydrogen) atoms. The van der Waals surface area contributed by atoms with Crippen molar-refractivity contribution in [3.8, 4) is 0 Å². The number of benzene rings is 1. The van der Waals surface area contributed by atoms with Crippen LogP contribution in [0.2, 0.25) is 0 Å². The Morgan fingerprint density at radius 3 is 2.68 bits per heavy atom. The summed E-state index contributed by atoms with van der Waals surface area (Å²) in [6, 6.07) is 3.13.